The van der Waals surface area contributed by atoms with Crippen LogP contribution in [-0.4, -0.2) is 42.0 Å². The number of anilines is 1. The summed E-state index contributed by atoms with van der Waals surface area (Å²) in [5.41, 5.74) is 4.20. The Labute approximate surface area is 182 Å². The number of rotatable bonds is 4. The minimum atomic E-state index is 0.0394. The first-order valence-electron chi connectivity index (χ1n) is 10.3. The van der Waals surface area contributed by atoms with E-state index in [4.69, 9.17) is 4.42 Å². The van der Waals surface area contributed by atoms with E-state index in [1.54, 1.807) is 6.08 Å². The van der Waals surface area contributed by atoms with Crippen molar-refractivity contribution in [2.45, 2.75) is 13.8 Å². The number of amides is 1. The Morgan fingerprint density at radius 2 is 1.74 bits per heavy atom. The van der Waals surface area contributed by atoms with Crippen LogP contribution in [0.2, 0.25) is 0 Å². The van der Waals surface area contributed by atoms with E-state index in [0.717, 1.165) is 16.7 Å². The van der Waals surface area contributed by atoms with E-state index in [1.165, 1.54) is 5.56 Å². The average molecular weight is 412 g/mol. The second-order valence-electron chi connectivity index (χ2n) is 7.66. The predicted molar refractivity (Wildman–Crippen MR) is 121 cm³/mol. The van der Waals surface area contributed by atoms with Crippen LogP contribution in [0.25, 0.3) is 12.2 Å². The Bertz CT molecular complexity index is 1150. The van der Waals surface area contributed by atoms with Crippen LogP contribution < -0.4 is 4.90 Å². The van der Waals surface area contributed by atoms with Crippen molar-refractivity contribution in [3.05, 3.63) is 82.4 Å². The van der Waals surface area contributed by atoms with Crippen molar-refractivity contribution in [1.82, 2.24) is 9.88 Å². The van der Waals surface area contributed by atoms with Gasteiger partial charge in [0.1, 0.15) is 6.07 Å². The molecule has 1 aromatic heterocycles. The second-order valence-corrected chi connectivity index (χ2v) is 7.66. The summed E-state index contributed by atoms with van der Waals surface area (Å²) in [6.45, 7) is 6.29. The molecule has 2 heterocycles. The molecule has 1 saturated heterocycles. The number of piperazine rings is 1. The molecule has 0 bridgehead atoms. The van der Waals surface area contributed by atoms with Gasteiger partial charge in [-0.15, -0.1) is 0 Å². The van der Waals surface area contributed by atoms with E-state index >= 15 is 0 Å². The van der Waals surface area contributed by atoms with Crippen molar-refractivity contribution in [1.29, 1.82) is 5.26 Å². The van der Waals surface area contributed by atoms with Crippen molar-refractivity contribution < 1.29 is 9.21 Å². The summed E-state index contributed by atoms with van der Waals surface area (Å²) in [5.74, 6) is 0.900. The number of carbonyl (C=O) groups excluding carboxylic acids is 1. The van der Waals surface area contributed by atoms with Gasteiger partial charge < -0.3 is 14.2 Å². The minimum absolute atomic E-state index is 0.0394. The summed E-state index contributed by atoms with van der Waals surface area (Å²) in [6, 6.07) is 17.9. The Kier molecular flexibility index (Phi) is 5.85. The number of aryl methyl sites for hydroxylation is 2. The Morgan fingerprint density at radius 1 is 1.03 bits per heavy atom. The molecule has 0 radical (unpaired) electrons. The normalized spacial score (nSPS) is 14.1. The standard InChI is InChI=1S/C25H24N4O2/c1-18-7-9-20(10-8-18)11-12-23-27-22(17-26)25(31-23)29-15-13-28(14-16-29)24(30)21-6-4-3-5-19(21)2/h3-12H,13-16H2,1-2H3/b12-11+. The molecule has 1 fully saturated rings. The molecule has 0 N–H and O–H groups in total. The molecule has 0 unspecified atom stereocenters. The van der Waals surface area contributed by atoms with Gasteiger partial charge in [0.25, 0.3) is 5.91 Å². The quantitative estimate of drug-likeness (QED) is 0.639. The Morgan fingerprint density at radius 3 is 2.42 bits per heavy atom. The number of hydrogen-bond donors (Lipinski definition) is 0. The molecule has 0 atom stereocenters. The van der Waals surface area contributed by atoms with Crippen LogP contribution in [0.1, 0.15) is 38.6 Å². The van der Waals surface area contributed by atoms with E-state index in [2.05, 4.69) is 11.1 Å². The number of aromatic nitrogens is 1. The highest BCUT2D eigenvalue weighted by Gasteiger charge is 2.27. The maximum absolute atomic E-state index is 12.8. The summed E-state index contributed by atoms with van der Waals surface area (Å²) < 4.78 is 5.89. The van der Waals surface area contributed by atoms with Crippen molar-refractivity contribution in [3.63, 3.8) is 0 Å². The molecule has 6 heteroatoms. The highest BCUT2D eigenvalue weighted by Crippen LogP contribution is 2.25. The Hall–Kier alpha value is -3.85. The molecule has 6 nitrogen and oxygen atoms in total. The monoisotopic (exact) mass is 412 g/mol. The number of nitriles is 1. The summed E-state index contributed by atoms with van der Waals surface area (Å²) in [6.07, 6.45) is 3.68. The summed E-state index contributed by atoms with van der Waals surface area (Å²) in [5, 5.41) is 9.51. The third-order valence-corrected chi connectivity index (χ3v) is 5.46. The molecule has 31 heavy (non-hydrogen) atoms. The highest BCUT2D eigenvalue weighted by molar-refractivity contribution is 5.95. The van der Waals surface area contributed by atoms with E-state index in [-0.39, 0.29) is 11.6 Å². The van der Waals surface area contributed by atoms with Gasteiger partial charge in [0, 0.05) is 37.8 Å². The molecule has 1 aliphatic heterocycles. The summed E-state index contributed by atoms with van der Waals surface area (Å²) >= 11 is 0. The van der Waals surface area contributed by atoms with Crippen molar-refractivity contribution >= 4 is 23.9 Å². The van der Waals surface area contributed by atoms with Crippen LogP contribution in [0.4, 0.5) is 5.88 Å². The van der Waals surface area contributed by atoms with Gasteiger partial charge in [-0.3, -0.25) is 4.79 Å². The largest absolute Gasteiger partial charge is 0.420 e. The van der Waals surface area contributed by atoms with Crippen LogP contribution in [-0.2, 0) is 0 Å². The lowest BCUT2D eigenvalue weighted by Crippen LogP contribution is -2.49. The fourth-order valence-electron chi connectivity index (χ4n) is 3.63. The van der Waals surface area contributed by atoms with Crippen LogP contribution in [0, 0.1) is 25.2 Å². The zero-order valence-electron chi connectivity index (χ0n) is 17.7. The molecule has 4 rings (SSSR count). The van der Waals surface area contributed by atoms with Crippen molar-refractivity contribution in [3.8, 4) is 6.07 Å². The first-order chi connectivity index (χ1) is 15.0. The summed E-state index contributed by atoms with van der Waals surface area (Å²) in [4.78, 5) is 21.0. The molecule has 0 spiro atoms. The van der Waals surface area contributed by atoms with Gasteiger partial charge in [0.05, 0.1) is 0 Å². The number of carbonyl (C=O) groups is 1. The van der Waals surface area contributed by atoms with E-state index < -0.39 is 0 Å². The number of benzene rings is 2. The minimum Gasteiger partial charge on any atom is -0.420 e. The molecule has 0 saturated carbocycles. The third kappa shape index (κ3) is 4.51. The van der Waals surface area contributed by atoms with Gasteiger partial charge in [-0.2, -0.15) is 10.2 Å². The lowest BCUT2D eigenvalue weighted by atomic mass is 10.1. The molecular formula is C25H24N4O2. The summed E-state index contributed by atoms with van der Waals surface area (Å²) in [7, 11) is 0. The van der Waals surface area contributed by atoms with Crippen molar-refractivity contribution in [2.24, 2.45) is 0 Å². The maximum atomic E-state index is 12.8. The first-order valence-corrected chi connectivity index (χ1v) is 10.3. The third-order valence-electron chi connectivity index (χ3n) is 5.46. The average Bonchev–Trinajstić information content (AvgIpc) is 3.22. The van der Waals surface area contributed by atoms with Crippen LogP contribution in [0.5, 0.6) is 0 Å². The zero-order chi connectivity index (χ0) is 21.8. The fourth-order valence-corrected chi connectivity index (χ4v) is 3.63. The predicted octanol–water partition coefficient (Wildman–Crippen LogP) is 4.30. The molecule has 3 aromatic rings. The molecule has 1 aliphatic rings. The van der Waals surface area contributed by atoms with Gasteiger partial charge >= 0.3 is 0 Å². The van der Waals surface area contributed by atoms with Crippen LogP contribution in [0.15, 0.2) is 52.9 Å². The van der Waals surface area contributed by atoms with Gasteiger partial charge in [-0.05, 0) is 37.1 Å². The van der Waals surface area contributed by atoms with Crippen molar-refractivity contribution in [2.75, 3.05) is 31.1 Å². The molecule has 156 valence electrons. The number of oxazole rings is 1. The molecule has 2 aromatic carbocycles. The zero-order valence-corrected chi connectivity index (χ0v) is 17.7. The van der Waals surface area contributed by atoms with Gasteiger partial charge in [-0.1, -0.05) is 48.0 Å². The van der Waals surface area contributed by atoms with E-state index in [0.29, 0.717) is 38.0 Å². The van der Waals surface area contributed by atoms with E-state index in [9.17, 15) is 10.1 Å². The number of hydrogen-bond acceptors (Lipinski definition) is 5. The maximum Gasteiger partial charge on any atom is 0.254 e. The smallest absolute Gasteiger partial charge is 0.254 e. The lowest BCUT2D eigenvalue weighted by Gasteiger charge is -2.34. The van der Waals surface area contributed by atoms with Gasteiger partial charge in [0.2, 0.25) is 17.5 Å². The van der Waals surface area contributed by atoms with Crippen LogP contribution >= 0.6 is 0 Å². The second kappa shape index (κ2) is 8.88. The van der Waals surface area contributed by atoms with Gasteiger partial charge in [0.15, 0.2) is 0 Å². The Balaban J connectivity index is 1.45. The highest BCUT2D eigenvalue weighted by atomic mass is 16.4. The van der Waals surface area contributed by atoms with Gasteiger partial charge in [-0.25, -0.2) is 0 Å². The SMILES string of the molecule is Cc1ccc(/C=C/c2nc(C#N)c(N3CCN(C(=O)c4ccccc4C)CC3)o2)cc1. The molecular weight excluding hydrogens is 388 g/mol. The van der Waals surface area contributed by atoms with E-state index in [1.807, 2.05) is 78.3 Å². The topological polar surface area (TPSA) is 73.4 Å². The van der Waals surface area contributed by atoms with Crippen LogP contribution in [0.3, 0.4) is 0 Å². The lowest BCUT2D eigenvalue weighted by molar-refractivity contribution is 0.0744. The number of nitrogens with zero attached hydrogens (tertiary/aromatic N) is 4. The fraction of sp³-hybridized carbons (Fsp3) is 0.240. The molecule has 0 aliphatic carbocycles. The first kappa shape index (κ1) is 20.4. The molecule has 1 amide bonds.